The molecular weight excluding hydrogens is 416 g/mol. The van der Waals surface area contributed by atoms with Gasteiger partial charge in [-0.2, -0.15) is 0 Å². The summed E-state index contributed by atoms with van der Waals surface area (Å²) in [6.45, 7) is 3.98. The van der Waals surface area contributed by atoms with Crippen molar-refractivity contribution in [2.75, 3.05) is 29.9 Å². The number of anilines is 2. The number of benzene rings is 1. The van der Waals surface area contributed by atoms with E-state index in [0.717, 1.165) is 41.4 Å². The maximum Gasteiger partial charge on any atom is 0.341 e. The van der Waals surface area contributed by atoms with Gasteiger partial charge in [-0.05, 0) is 49.8 Å². The maximum absolute atomic E-state index is 13.0. The molecule has 1 saturated heterocycles. The maximum atomic E-state index is 13.0. The Morgan fingerprint density at radius 2 is 1.83 bits per heavy atom. The molecule has 0 atom stereocenters. The van der Waals surface area contributed by atoms with Crippen molar-refractivity contribution in [1.82, 2.24) is 0 Å². The summed E-state index contributed by atoms with van der Waals surface area (Å²) >= 11 is 3.06. The Morgan fingerprint density at radius 1 is 1.07 bits per heavy atom. The molecule has 0 bridgehead atoms. The minimum Gasteiger partial charge on any atom is -0.462 e. The van der Waals surface area contributed by atoms with E-state index in [1.54, 1.807) is 30.4 Å². The van der Waals surface area contributed by atoms with Crippen LogP contribution in [0.2, 0.25) is 0 Å². The summed E-state index contributed by atoms with van der Waals surface area (Å²) in [6, 6.07) is 13.0. The molecule has 3 heterocycles. The summed E-state index contributed by atoms with van der Waals surface area (Å²) in [5.74, 6) is -0.630. The number of amides is 1. The van der Waals surface area contributed by atoms with Gasteiger partial charge in [-0.15, -0.1) is 11.3 Å². The highest BCUT2D eigenvalue weighted by atomic mass is 32.1. The van der Waals surface area contributed by atoms with Gasteiger partial charge in [0.1, 0.15) is 15.6 Å². The van der Waals surface area contributed by atoms with E-state index in [-0.39, 0.29) is 12.5 Å². The number of thiophene rings is 2. The first-order chi connectivity index (χ1) is 14.7. The van der Waals surface area contributed by atoms with Crippen LogP contribution >= 0.6 is 22.7 Å². The van der Waals surface area contributed by atoms with Crippen molar-refractivity contribution in [3.05, 3.63) is 59.0 Å². The van der Waals surface area contributed by atoms with Crippen LogP contribution in [0.4, 0.5) is 10.0 Å². The van der Waals surface area contributed by atoms with Gasteiger partial charge < -0.3 is 15.0 Å². The topological polar surface area (TPSA) is 58.6 Å². The molecule has 2 aromatic heterocycles. The molecule has 0 saturated carbocycles. The van der Waals surface area contributed by atoms with E-state index < -0.39 is 5.97 Å². The molecule has 0 aliphatic carbocycles. The molecule has 1 aliphatic heterocycles. The first-order valence-corrected chi connectivity index (χ1v) is 11.9. The summed E-state index contributed by atoms with van der Waals surface area (Å²) in [4.78, 5) is 29.2. The number of carbonyl (C=O) groups excluding carboxylic acids is 2. The second-order valence-corrected chi connectivity index (χ2v) is 9.00. The van der Waals surface area contributed by atoms with E-state index >= 15 is 0 Å². The number of ether oxygens (including phenoxy) is 1. The molecule has 1 amide bonds. The molecule has 30 heavy (non-hydrogen) atoms. The molecule has 1 aromatic carbocycles. The van der Waals surface area contributed by atoms with Gasteiger partial charge in [-0.1, -0.05) is 35.6 Å². The van der Waals surface area contributed by atoms with Gasteiger partial charge in [-0.25, -0.2) is 4.79 Å². The Bertz CT molecular complexity index is 1010. The van der Waals surface area contributed by atoms with Crippen molar-refractivity contribution in [2.24, 2.45) is 0 Å². The van der Waals surface area contributed by atoms with E-state index in [2.05, 4.69) is 10.2 Å². The molecule has 0 radical (unpaired) electrons. The molecule has 7 heteroatoms. The van der Waals surface area contributed by atoms with Gasteiger partial charge in [0.05, 0.1) is 6.61 Å². The highest BCUT2D eigenvalue weighted by molar-refractivity contribution is 7.22. The molecule has 3 aromatic rings. The molecule has 4 rings (SSSR count). The lowest BCUT2D eigenvalue weighted by Gasteiger charge is -2.28. The number of esters is 1. The van der Waals surface area contributed by atoms with Crippen LogP contribution in [-0.2, 0) is 4.74 Å². The molecule has 156 valence electrons. The highest BCUT2D eigenvalue weighted by Gasteiger charge is 2.30. The van der Waals surface area contributed by atoms with Crippen molar-refractivity contribution in [1.29, 1.82) is 0 Å². The second-order valence-electron chi connectivity index (χ2n) is 7.05. The van der Waals surface area contributed by atoms with E-state index in [1.165, 1.54) is 17.8 Å². The number of hydrogen-bond donors (Lipinski definition) is 1. The quantitative estimate of drug-likeness (QED) is 0.485. The zero-order valence-electron chi connectivity index (χ0n) is 16.8. The fourth-order valence-electron chi connectivity index (χ4n) is 3.64. The first kappa shape index (κ1) is 20.6. The zero-order chi connectivity index (χ0) is 20.9. The number of nitrogens with one attached hydrogen (secondary N) is 1. The van der Waals surface area contributed by atoms with Crippen LogP contribution in [0.15, 0.2) is 47.8 Å². The van der Waals surface area contributed by atoms with Gasteiger partial charge in [-0.3, -0.25) is 4.79 Å². The van der Waals surface area contributed by atoms with E-state index in [9.17, 15) is 9.59 Å². The van der Waals surface area contributed by atoms with Crippen LogP contribution in [-0.4, -0.2) is 31.6 Å². The molecule has 1 fully saturated rings. The first-order valence-electron chi connectivity index (χ1n) is 10.2. The molecule has 5 nitrogen and oxygen atoms in total. The Labute approximate surface area is 184 Å². The zero-order valence-corrected chi connectivity index (χ0v) is 18.5. The Morgan fingerprint density at radius 3 is 2.50 bits per heavy atom. The fraction of sp³-hybridized carbons (Fsp3) is 0.304. The van der Waals surface area contributed by atoms with Crippen LogP contribution in [0.3, 0.4) is 0 Å². The summed E-state index contributed by atoms with van der Waals surface area (Å²) in [7, 11) is 0. The number of nitrogens with zero attached hydrogens (tertiary/aromatic N) is 1. The minimum atomic E-state index is -0.399. The van der Waals surface area contributed by atoms with Crippen molar-refractivity contribution in [3.8, 4) is 10.4 Å². The lowest BCUT2D eigenvalue weighted by atomic mass is 10.1. The largest absolute Gasteiger partial charge is 0.462 e. The highest BCUT2D eigenvalue weighted by Crippen LogP contribution is 2.48. The van der Waals surface area contributed by atoms with Gasteiger partial charge in [0.15, 0.2) is 0 Å². The van der Waals surface area contributed by atoms with Crippen LogP contribution in [0.1, 0.15) is 46.9 Å². The van der Waals surface area contributed by atoms with Crippen molar-refractivity contribution >= 4 is 44.6 Å². The van der Waals surface area contributed by atoms with E-state index in [1.807, 2.05) is 35.7 Å². The van der Waals surface area contributed by atoms with Crippen molar-refractivity contribution < 1.29 is 14.3 Å². The molecule has 0 unspecified atom stereocenters. The SMILES string of the molecule is CCOC(=O)c1c(NC(=O)c2ccccc2)sc(N2CCCCC2)c1-c1cccs1. The third-order valence-corrected chi connectivity index (χ3v) is 7.10. The third kappa shape index (κ3) is 4.27. The smallest absolute Gasteiger partial charge is 0.341 e. The van der Waals surface area contributed by atoms with Gasteiger partial charge in [0.2, 0.25) is 0 Å². The number of carbonyl (C=O) groups is 2. The van der Waals surface area contributed by atoms with Gasteiger partial charge >= 0.3 is 5.97 Å². The minimum absolute atomic E-state index is 0.231. The summed E-state index contributed by atoms with van der Waals surface area (Å²) in [5, 5.41) is 6.57. The van der Waals surface area contributed by atoms with E-state index in [0.29, 0.717) is 16.1 Å². The monoisotopic (exact) mass is 440 g/mol. The van der Waals surface area contributed by atoms with E-state index in [4.69, 9.17) is 4.74 Å². The summed E-state index contributed by atoms with van der Waals surface area (Å²) < 4.78 is 5.40. The average Bonchev–Trinajstić information content (AvgIpc) is 3.43. The molecule has 1 aliphatic rings. The standard InChI is InChI=1S/C23H24N2O3S2/c1-2-28-23(27)19-18(17-12-9-15-29-17)22(25-13-7-4-8-14-25)30-21(19)24-20(26)16-10-5-3-6-11-16/h3,5-6,9-12,15H,2,4,7-8,13-14H2,1H3,(H,24,26). The lowest BCUT2D eigenvalue weighted by molar-refractivity contribution is 0.0529. The average molecular weight is 441 g/mol. The third-order valence-electron chi connectivity index (χ3n) is 5.04. The number of rotatable bonds is 6. The van der Waals surface area contributed by atoms with Crippen LogP contribution < -0.4 is 10.2 Å². The van der Waals surface area contributed by atoms with Gasteiger partial charge in [0.25, 0.3) is 5.91 Å². The van der Waals surface area contributed by atoms with Crippen LogP contribution in [0, 0.1) is 0 Å². The molecule has 1 N–H and O–H groups in total. The normalized spacial score (nSPS) is 13.8. The second kappa shape index (κ2) is 9.45. The Kier molecular flexibility index (Phi) is 6.50. The lowest BCUT2D eigenvalue weighted by Crippen LogP contribution is -2.29. The predicted octanol–water partition coefficient (Wildman–Crippen LogP) is 5.90. The fourth-order valence-corrected chi connectivity index (χ4v) is 5.73. The summed E-state index contributed by atoms with van der Waals surface area (Å²) in [6.07, 6.45) is 3.48. The number of piperidine rings is 1. The Hall–Kier alpha value is -2.64. The molecule has 0 spiro atoms. The number of hydrogen-bond acceptors (Lipinski definition) is 6. The van der Waals surface area contributed by atoms with Crippen LogP contribution in [0.25, 0.3) is 10.4 Å². The molecular formula is C23H24N2O3S2. The van der Waals surface area contributed by atoms with Crippen molar-refractivity contribution in [2.45, 2.75) is 26.2 Å². The summed E-state index contributed by atoms with van der Waals surface area (Å²) in [5.41, 5.74) is 1.88. The van der Waals surface area contributed by atoms with Crippen LogP contribution in [0.5, 0.6) is 0 Å². The van der Waals surface area contributed by atoms with Crippen molar-refractivity contribution in [3.63, 3.8) is 0 Å². The van der Waals surface area contributed by atoms with Gasteiger partial charge in [0, 0.05) is 29.1 Å². The Balaban J connectivity index is 1.81. The predicted molar refractivity (Wildman–Crippen MR) is 124 cm³/mol.